The summed E-state index contributed by atoms with van der Waals surface area (Å²) < 4.78 is 68.3. The molecule has 89 heavy (non-hydrogen) atoms. The number of rotatable bonds is 67. The van der Waals surface area contributed by atoms with Crippen LogP contribution >= 0.6 is 15.6 Å². The van der Waals surface area contributed by atoms with Crippen LogP contribution in [-0.2, 0) is 65.4 Å². The first-order valence-corrected chi connectivity index (χ1v) is 39.3. The second-order valence-corrected chi connectivity index (χ2v) is 29.4. The monoisotopic (exact) mass is 1310 g/mol. The zero-order valence-corrected chi connectivity index (χ0v) is 59.8. The summed E-state index contributed by atoms with van der Waals surface area (Å²) in [5, 5.41) is 10.6. The van der Waals surface area contributed by atoms with E-state index in [0.717, 1.165) is 120 Å². The number of esters is 4. The molecule has 0 aliphatic heterocycles. The standard InChI is InChI=1S/C70H136O17P2/c1-9-61(6)47-39-31-23-20-21-24-34-42-50-67(72)80-56-66(87-70(75)53-45-37-29-27-33-41-49-63(8)11-3)59-85-89(78,79)83-55-64(71)54-82-88(76,77)84-58-65(57-81-68(73)51-43-35-28-26-32-40-48-62(7)10-2)86-69(74)52-44-36-25-19-17-15-13-12-14-16-18-22-30-38-46-60(4)5/h60-66,71H,9-59H2,1-8H3,(H,76,77)(H,78,79)/t61?,62?,63?,64-,65+,66+/m0/s1. The summed E-state index contributed by atoms with van der Waals surface area (Å²) in [6.07, 6.45) is 41.7. The van der Waals surface area contributed by atoms with Crippen molar-refractivity contribution in [2.75, 3.05) is 39.6 Å². The van der Waals surface area contributed by atoms with Gasteiger partial charge in [-0.1, -0.05) is 293 Å². The summed E-state index contributed by atoms with van der Waals surface area (Å²) >= 11 is 0. The van der Waals surface area contributed by atoms with E-state index in [1.54, 1.807) is 0 Å². The van der Waals surface area contributed by atoms with Gasteiger partial charge in [0.25, 0.3) is 0 Å². The highest BCUT2D eigenvalue weighted by atomic mass is 31.2. The molecule has 3 N–H and O–H groups in total. The maximum Gasteiger partial charge on any atom is 0.472 e. The van der Waals surface area contributed by atoms with Crippen molar-refractivity contribution in [1.29, 1.82) is 0 Å². The molecule has 5 unspecified atom stereocenters. The summed E-state index contributed by atoms with van der Waals surface area (Å²) in [6.45, 7) is 14.1. The van der Waals surface area contributed by atoms with Gasteiger partial charge in [0, 0.05) is 25.7 Å². The Kier molecular flexibility index (Phi) is 58.5. The molecule has 528 valence electrons. The van der Waals surface area contributed by atoms with E-state index in [1.807, 2.05) is 0 Å². The van der Waals surface area contributed by atoms with Gasteiger partial charge < -0.3 is 33.8 Å². The van der Waals surface area contributed by atoms with Crippen LogP contribution in [0.2, 0.25) is 0 Å². The molecule has 0 radical (unpaired) electrons. The quantitative estimate of drug-likeness (QED) is 0.0222. The van der Waals surface area contributed by atoms with Crippen LogP contribution in [0.3, 0.4) is 0 Å². The van der Waals surface area contributed by atoms with Gasteiger partial charge in [0.1, 0.15) is 19.3 Å². The van der Waals surface area contributed by atoms with Crippen LogP contribution in [0.15, 0.2) is 0 Å². The smallest absolute Gasteiger partial charge is 0.462 e. The van der Waals surface area contributed by atoms with Crippen LogP contribution in [-0.4, -0.2) is 96.7 Å². The highest BCUT2D eigenvalue weighted by Crippen LogP contribution is 2.45. The number of hydrogen-bond acceptors (Lipinski definition) is 15. The first kappa shape index (κ1) is 87.1. The van der Waals surface area contributed by atoms with Gasteiger partial charge in [-0.15, -0.1) is 0 Å². The number of phosphoric ester groups is 2. The van der Waals surface area contributed by atoms with E-state index in [2.05, 4.69) is 55.4 Å². The SMILES string of the molecule is CCC(C)CCCCCCCCCCC(=O)OC[C@H](COP(=O)(O)OC[C@@H](O)COP(=O)(O)OC[C@@H](COC(=O)CCCCCCCCC(C)CC)OC(=O)CCCCCCCCCCCCCCCCC(C)C)OC(=O)CCCCCCCCC(C)CC. The fraction of sp³-hybridized carbons (Fsp3) is 0.943. The molecule has 0 saturated heterocycles. The molecule has 8 atom stereocenters. The van der Waals surface area contributed by atoms with Crippen molar-refractivity contribution < 1.29 is 80.2 Å². The van der Waals surface area contributed by atoms with Gasteiger partial charge in [-0.05, 0) is 49.4 Å². The van der Waals surface area contributed by atoms with Crippen LogP contribution in [0.5, 0.6) is 0 Å². The average Bonchev–Trinajstić information content (AvgIpc) is 3.72. The van der Waals surface area contributed by atoms with Crippen LogP contribution in [0.4, 0.5) is 0 Å². The van der Waals surface area contributed by atoms with Gasteiger partial charge >= 0.3 is 39.5 Å². The molecule has 0 bridgehead atoms. The van der Waals surface area contributed by atoms with Gasteiger partial charge in [0.2, 0.25) is 0 Å². The van der Waals surface area contributed by atoms with Gasteiger partial charge in [-0.2, -0.15) is 0 Å². The molecule has 0 heterocycles. The van der Waals surface area contributed by atoms with E-state index in [0.29, 0.717) is 25.7 Å². The van der Waals surface area contributed by atoms with Crippen molar-refractivity contribution in [2.45, 2.75) is 363 Å². The molecular weight excluding hydrogens is 1170 g/mol. The molecule has 0 rings (SSSR count). The molecule has 19 heteroatoms. The lowest BCUT2D eigenvalue weighted by atomic mass is 9.99. The number of ether oxygens (including phenoxy) is 4. The van der Waals surface area contributed by atoms with E-state index < -0.39 is 97.5 Å². The lowest BCUT2D eigenvalue weighted by molar-refractivity contribution is -0.161. The Balaban J connectivity index is 5.24. The van der Waals surface area contributed by atoms with Crippen molar-refractivity contribution >= 4 is 39.5 Å². The summed E-state index contributed by atoms with van der Waals surface area (Å²) in [4.78, 5) is 72.5. The number of phosphoric acid groups is 2. The largest absolute Gasteiger partial charge is 0.472 e. The molecule has 0 spiro atoms. The second-order valence-electron chi connectivity index (χ2n) is 26.5. The summed E-state index contributed by atoms with van der Waals surface area (Å²) in [7, 11) is -9.90. The average molecular weight is 1310 g/mol. The molecule has 0 saturated carbocycles. The lowest BCUT2D eigenvalue weighted by Gasteiger charge is -2.21. The molecule has 0 fully saturated rings. The third kappa shape index (κ3) is 60.7. The van der Waals surface area contributed by atoms with E-state index in [1.165, 1.54) is 141 Å². The fourth-order valence-corrected chi connectivity index (χ4v) is 12.0. The topological polar surface area (TPSA) is 237 Å². The molecule has 17 nitrogen and oxygen atoms in total. The first-order chi connectivity index (χ1) is 42.7. The molecule has 0 aromatic carbocycles. The lowest BCUT2D eigenvalue weighted by Crippen LogP contribution is -2.30. The normalized spacial score (nSPS) is 15.2. The Morgan fingerprint density at radius 1 is 0.315 bits per heavy atom. The maximum absolute atomic E-state index is 13.0. The van der Waals surface area contributed by atoms with Crippen molar-refractivity contribution in [3.63, 3.8) is 0 Å². The van der Waals surface area contributed by atoms with E-state index in [4.69, 9.17) is 37.0 Å². The number of hydrogen-bond donors (Lipinski definition) is 3. The Bertz CT molecular complexity index is 1770. The molecule has 0 amide bonds. The predicted molar refractivity (Wildman–Crippen MR) is 358 cm³/mol. The minimum atomic E-state index is -4.95. The zero-order valence-electron chi connectivity index (χ0n) is 58.1. The van der Waals surface area contributed by atoms with Crippen molar-refractivity contribution in [3.8, 4) is 0 Å². The predicted octanol–water partition coefficient (Wildman–Crippen LogP) is 19.7. The van der Waals surface area contributed by atoms with Crippen molar-refractivity contribution in [3.05, 3.63) is 0 Å². The Labute approximate surface area is 543 Å². The Morgan fingerprint density at radius 3 is 0.798 bits per heavy atom. The highest BCUT2D eigenvalue weighted by molar-refractivity contribution is 7.47. The second kappa shape index (κ2) is 59.8. The number of carbonyl (C=O) groups excluding carboxylic acids is 4. The Hall–Kier alpha value is -1.94. The third-order valence-electron chi connectivity index (χ3n) is 17.2. The number of carbonyl (C=O) groups is 4. The number of unbranched alkanes of at least 4 members (excludes halogenated alkanes) is 30. The zero-order chi connectivity index (χ0) is 66.1. The summed E-state index contributed by atoms with van der Waals surface area (Å²) in [5.74, 6) is 0.890. The molecule has 0 aromatic rings. The minimum absolute atomic E-state index is 0.102. The number of aliphatic hydroxyl groups is 1. The molecular formula is C70H136O17P2. The maximum atomic E-state index is 13.0. The van der Waals surface area contributed by atoms with E-state index in [9.17, 15) is 43.2 Å². The Morgan fingerprint density at radius 2 is 0.539 bits per heavy atom. The van der Waals surface area contributed by atoms with Crippen molar-refractivity contribution in [1.82, 2.24) is 0 Å². The van der Waals surface area contributed by atoms with Gasteiger partial charge in [-0.3, -0.25) is 37.3 Å². The fourth-order valence-electron chi connectivity index (χ4n) is 10.4. The first-order valence-electron chi connectivity index (χ1n) is 36.3. The highest BCUT2D eigenvalue weighted by Gasteiger charge is 2.30. The van der Waals surface area contributed by atoms with E-state index >= 15 is 0 Å². The minimum Gasteiger partial charge on any atom is -0.462 e. The van der Waals surface area contributed by atoms with Crippen LogP contribution < -0.4 is 0 Å². The van der Waals surface area contributed by atoms with E-state index in [-0.39, 0.29) is 25.7 Å². The van der Waals surface area contributed by atoms with Crippen LogP contribution in [0, 0.1) is 23.7 Å². The third-order valence-corrected chi connectivity index (χ3v) is 19.1. The van der Waals surface area contributed by atoms with Crippen LogP contribution in [0.1, 0.15) is 344 Å². The molecule has 0 aromatic heterocycles. The summed E-state index contributed by atoms with van der Waals surface area (Å²) in [6, 6.07) is 0. The van der Waals surface area contributed by atoms with Crippen molar-refractivity contribution in [2.24, 2.45) is 23.7 Å². The molecule has 0 aliphatic rings. The van der Waals surface area contributed by atoms with Gasteiger partial charge in [0.15, 0.2) is 12.2 Å². The van der Waals surface area contributed by atoms with Crippen LogP contribution in [0.25, 0.3) is 0 Å². The molecule has 0 aliphatic carbocycles. The summed E-state index contributed by atoms with van der Waals surface area (Å²) in [5.41, 5.74) is 0. The number of aliphatic hydroxyl groups excluding tert-OH is 1. The van der Waals surface area contributed by atoms with Gasteiger partial charge in [-0.25, -0.2) is 9.13 Å². The van der Waals surface area contributed by atoms with Gasteiger partial charge in [0.05, 0.1) is 26.4 Å².